The Labute approximate surface area is 183 Å². The van der Waals surface area contributed by atoms with Gasteiger partial charge in [0.05, 0.1) is 26.2 Å². The fourth-order valence-corrected chi connectivity index (χ4v) is 3.97. The molecule has 1 N–H and O–H groups in total. The molecule has 1 saturated heterocycles. The van der Waals surface area contributed by atoms with E-state index in [0.717, 1.165) is 5.69 Å². The number of hydrogen-bond donors (Lipinski definition) is 1. The van der Waals surface area contributed by atoms with Crippen molar-refractivity contribution in [3.8, 4) is 11.5 Å². The first kappa shape index (κ1) is 20.7. The van der Waals surface area contributed by atoms with Crippen LogP contribution in [0.5, 0.6) is 11.5 Å². The number of anilines is 2. The quantitative estimate of drug-likeness (QED) is 0.626. The molecule has 0 atom stereocenters. The number of hydrogen-bond acceptors (Lipinski definition) is 8. The molecule has 0 unspecified atom stereocenters. The summed E-state index contributed by atoms with van der Waals surface area (Å²) in [6.45, 7) is 1.78. The minimum atomic E-state index is -0.161. The lowest BCUT2D eigenvalue weighted by Gasteiger charge is -2.33. The summed E-state index contributed by atoms with van der Waals surface area (Å²) in [5.41, 5.74) is 1.09. The Morgan fingerprint density at radius 2 is 1.81 bits per heavy atom. The average molecular weight is 442 g/mol. The van der Waals surface area contributed by atoms with Crippen molar-refractivity contribution >= 4 is 34.0 Å². The maximum absolute atomic E-state index is 12.9. The molecule has 0 radical (unpaired) electrons. The molecule has 162 valence electrons. The Kier molecular flexibility index (Phi) is 6.08. The van der Waals surface area contributed by atoms with E-state index in [0.29, 0.717) is 54.3 Å². The Morgan fingerprint density at radius 3 is 2.45 bits per heavy atom. The first-order valence-electron chi connectivity index (χ1n) is 9.65. The summed E-state index contributed by atoms with van der Waals surface area (Å²) in [7, 11) is 3.17. The second-order valence-electron chi connectivity index (χ2n) is 6.79. The number of aromatic nitrogens is 1. The van der Waals surface area contributed by atoms with Gasteiger partial charge in [-0.15, -0.1) is 11.3 Å². The minimum Gasteiger partial charge on any atom is -0.497 e. The number of ether oxygens (including phenoxy) is 2. The lowest BCUT2D eigenvalue weighted by atomic mass is 10.2. The molecule has 4 rings (SSSR count). The van der Waals surface area contributed by atoms with Crippen LogP contribution in [-0.4, -0.2) is 67.0 Å². The van der Waals surface area contributed by atoms with Crippen LogP contribution in [0.4, 0.5) is 10.8 Å². The molecule has 1 aromatic carbocycles. The van der Waals surface area contributed by atoms with Crippen molar-refractivity contribution in [3.05, 3.63) is 53.4 Å². The molecular weight excluding hydrogens is 420 g/mol. The lowest BCUT2D eigenvalue weighted by Crippen LogP contribution is -2.50. The van der Waals surface area contributed by atoms with Crippen LogP contribution in [0.25, 0.3) is 0 Å². The van der Waals surface area contributed by atoms with Crippen LogP contribution in [-0.2, 0) is 0 Å². The summed E-state index contributed by atoms with van der Waals surface area (Å²) in [4.78, 5) is 33.0. The van der Waals surface area contributed by atoms with Gasteiger partial charge < -0.3 is 29.0 Å². The van der Waals surface area contributed by atoms with Gasteiger partial charge in [-0.25, -0.2) is 4.98 Å². The fourth-order valence-electron chi connectivity index (χ4n) is 3.28. The van der Waals surface area contributed by atoms with Crippen LogP contribution in [0.2, 0.25) is 0 Å². The number of nitrogens with zero attached hydrogens (tertiary/aromatic N) is 3. The highest BCUT2D eigenvalue weighted by Gasteiger charge is 2.27. The maximum Gasteiger partial charge on any atom is 0.289 e. The molecule has 0 aliphatic carbocycles. The summed E-state index contributed by atoms with van der Waals surface area (Å²) < 4.78 is 15.8. The first-order chi connectivity index (χ1) is 15.1. The number of rotatable bonds is 6. The normalized spacial score (nSPS) is 13.7. The first-order valence-corrected chi connectivity index (χ1v) is 10.5. The second kappa shape index (κ2) is 9.09. The van der Waals surface area contributed by atoms with Crippen molar-refractivity contribution in [1.29, 1.82) is 0 Å². The summed E-state index contributed by atoms with van der Waals surface area (Å²) in [5, 5.41) is 5.49. The van der Waals surface area contributed by atoms with Crippen LogP contribution < -0.4 is 14.8 Å². The number of amides is 2. The number of carbonyl (C=O) groups excluding carboxylic acids is 2. The van der Waals surface area contributed by atoms with E-state index in [9.17, 15) is 9.59 Å². The van der Waals surface area contributed by atoms with E-state index >= 15 is 0 Å². The number of thiazole rings is 1. The SMILES string of the molecule is COc1ccc(Nc2nc(C(=O)N3CCN(C(=O)c4ccco4)CC3)cs2)c(OC)c1. The summed E-state index contributed by atoms with van der Waals surface area (Å²) in [6.07, 6.45) is 1.47. The molecule has 9 nitrogen and oxygen atoms in total. The van der Waals surface area contributed by atoms with Gasteiger partial charge in [0.1, 0.15) is 17.2 Å². The van der Waals surface area contributed by atoms with E-state index < -0.39 is 0 Å². The van der Waals surface area contributed by atoms with Crippen LogP contribution in [0, 0.1) is 0 Å². The summed E-state index contributed by atoms with van der Waals surface area (Å²) in [5.74, 6) is 1.28. The second-order valence-corrected chi connectivity index (χ2v) is 7.65. The third-order valence-electron chi connectivity index (χ3n) is 4.96. The zero-order chi connectivity index (χ0) is 21.8. The van der Waals surface area contributed by atoms with Gasteiger partial charge in [0.25, 0.3) is 11.8 Å². The highest BCUT2D eigenvalue weighted by atomic mass is 32.1. The van der Waals surface area contributed by atoms with Crippen molar-refractivity contribution in [2.45, 2.75) is 0 Å². The van der Waals surface area contributed by atoms with E-state index in [1.807, 2.05) is 12.1 Å². The van der Waals surface area contributed by atoms with Gasteiger partial charge >= 0.3 is 0 Å². The predicted octanol–water partition coefficient (Wildman–Crippen LogP) is 3.10. The van der Waals surface area contributed by atoms with Crippen molar-refractivity contribution in [3.63, 3.8) is 0 Å². The topological polar surface area (TPSA) is 97.1 Å². The Morgan fingerprint density at radius 1 is 1.06 bits per heavy atom. The molecular formula is C21H22N4O5S. The van der Waals surface area contributed by atoms with Crippen LogP contribution in [0.3, 0.4) is 0 Å². The summed E-state index contributed by atoms with van der Waals surface area (Å²) >= 11 is 1.34. The molecule has 1 aliphatic heterocycles. The van der Waals surface area contributed by atoms with Gasteiger partial charge in [-0.1, -0.05) is 0 Å². The van der Waals surface area contributed by atoms with E-state index in [1.165, 1.54) is 17.6 Å². The van der Waals surface area contributed by atoms with Gasteiger partial charge in [-0.05, 0) is 24.3 Å². The van der Waals surface area contributed by atoms with Gasteiger partial charge in [-0.3, -0.25) is 9.59 Å². The third kappa shape index (κ3) is 4.48. The molecule has 2 amide bonds. The average Bonchev–Trinajstić information content (AvgIpc) is 3.51. The highest BCUT2D eigenvalue weighted by Crippen LogP contribution is 2.32. The molecule has 31 heavy (non-hydrogen) atoms. The van der Waals surface area contributed by atoms with E-state index in [1.54, 1.807) is 47.6 Å². The van der Waals surface area contributed by atoms with Crippen molar-refractivity contribution in [2.75, 3.05) is 45.7 Å². The number of carbonyl (C=O) groups is 2. The van der Waals surface area contributed by atoms with Crippen LogP contribution >= 0.6 is 11.3 Å². The van der Waals surface area contributed by atoms with E-state index in [4.69, 9.17) is 13.9 Å². The minimum absolute atomic E-state index is 0.156. The molecule has 2 aromatic heterocycles. The summed E-state index contributed by atoms with van der Waals surface area (Å²) in [6, 6.07) is 8.74. The Bertz CT molecular complexity index is 1060. The Hall–Kier alpha value is -3.53. The maximum atomic E-state index is 12.9. The highest BCUT2D eigenvalue weighted by molar-refractivity contribution is 7.14. The van der Waals surface area contributed by atoms with Gasteiger partial charge in [0, 0.05) is 37.6 Å². The monoisotopic (exact) mass is 442 g/mol. The van der Waals surface area contributed by atoms with Crippen LogP contribution in [0.15, 0.2) is 46.4 Å². The molecule has 0 saturated carbocycles. The number of methoxy groups -OCH3 is 2. The number of benzene rings is 1. The van der Waals surface area contributed by atoms with Gasteiger partial charge in [0.15, 0.2) is 10.9 Å². The molecule has 1 aliphatic rings. The zero-order valence-electron chi connectivity index (χ0n) is 17.2. The molecule has 3 aromatic rings. The molecule has 0 spiro atoms. The van der Waals surface area contributed by atoms with Crippen LogP contribution in [0.1, 0.15) is 21.0 Å². The zero-order valence-corrected chi connectivity index (χ0v) is 18.0. The Balaban J connectivity index is 1.37. The van der Waals surface area contributed by atoms with Gasteiger partial charge in [-0.2, -0.15) is 0 Å². The molecule has 0 bridgehead atoms. The van der Waals surface area contributed by atoms with Crippen molar-refractivity contribution in [1.82, 2.24) is 14.8 Å². The third-order valence-corrected chi connectivity index (χ3v) is 5.72. The lowest BCUT2D eigenvalue weighted by molar-refractivity contribution is 0.0515. The largest absolute Gasteiger partial charge is 0.497 e. The molecule has 3 heterocycles. The van der Waals surface area contributed by atoms with E-state index in [2.05, 4.69) is 10.3 Å². The molecule has 10 heteroatoms. The fraction of sp³-hybridized carbons (Fsp3) is 0.286. The van der Waals surface area contributed by atoms with Crippen molar-refractivity contribution < 1.29 is 23.5 Å². The molecule has 1 fully saturated rings. The number of furan rings is 1. The van der Waals surface area contributed by atoms with Gasteiger partial charge in [0.2, 0.25) is 0 Å². The standard InChI is InChI=1S/C21H22N4O5S/c1-28-14-5-6-15(18(12-14)29-2)22-21-23-16(13-31-21)19(26)24-7-9-25(10-8-24)20(27)17-4-3-11-30-17/h3-6,11-13H,7-10H2,1-2H3,(H,22,23). The number of nitrogens with one attached hydrogen (secondary N) is 1. The van der Waals surface area contributed by atoms with E-state index in [-0.39, 0.29) is 11.8 Å². The number of piperazine rings is 1. The van der Waals surface area contributed by atoms with Crippen molar-refractivity contribution in [2.24, 2.45) is 0 Å². The smallest absolute Gasteiger partial charge is 0.289 e. The predicted molar refractivity (Wildman–Crippen MR) is 115 cm³/mol.